The molecule has 1 aromatic heterocycles. The number of carbonyl (C=O) groups is 2. The van der Waals surface area contributed by atoms with E-state index in [-0.39, 0.29) is 18.9 Å². The van der Waals surface area contributed by atoms with Crippen LogP contribution in [0.4, 0.5) is 5.69 Å². The van der Waals surface area contributed by atoms with Crippen LogP contribution in [-0.4, -0.2) is 23.5 Å². The molecule has 1 heterocycles. The van der Waals surface area contributed by atoms with Crippen LogP contribution >= 0.6 is 11.3 Å². The first-order chi connectivity index (χ1) is 12.5. The van der Waals surface area contributed by atoms with E-state index in [9.17, 15) is 9.59 Å². The molecule has 26 heavy (non-hydrogen) atoms. The summed E-state index contributed by atoms with van der Waals surface area (Å²) in [7, 11) is 0. The van der Waals surface area contributed by atoms with Gasteiger partial charge in [0.25, 0.3) is 5.91 Å². The van der Waals surface area contributed by atoms with Gasteiger partial charge in [-0.25, -0.2) is 4.98 Å². The topological polar surface area (TPSA) is 68.3 Å². The average molecular weight is 368 g/mol. The first-order valence-corrected chi connectivity index (χ1v) is 9.20. The summed E-state index contributed by atoms with van der Waals surface area (Å²) in [5, 5.41) is 3.65. The van der Waals surface area contributed by atoms with Crippen molar-refractivity contribution in [2.45, 2.75) is 26.7 Å². The molecular formula is C20H20N2O3S. The molecule has 0 saturated carbocycles. The molecule has 5 nitrogen and oxygen atoms in total. The number of rotatable bonds is 6. The van der Waals surface area contributed by atoms with Crippen molar-refractivity contribution in [3.05, 3.63) is 58.6 Å². The van der Waals surface area contributed by atoms with Crippen LogP contribution in [0.5, 0.6) is 0 Å². The number of hydrogen-bond acceptors (Lipinski definition) is 5. The van der Waals surface area contributed by atoms with Crippen LogP contribution in [0, 0.1) is 13.8 Å². The molecule has 134 valence electrons. The molecule has 0 saturated heterocycles. The zero-order chi connectivity index (χ0) is 18.5. The smallest absolute Gasteiger partial charge is 0.306 e. The standard InChI is InChI=1S/C20H20N2O3S/c1-13-7-8-15(14(2)11-13)21-18(23)12-25-20(24)10-9-19-22-16-5-3-4-6-17(16)26-19/h3-8,11H,9-10,12H2,1-2H3,(H,21,23). The highest BCUT2D eigenvalue weighted by Gasteiger charge is 2.11. The van der Waals surface area contributed by atoms with Gasteiger partial charge in [0.1, 0.15) is 0 Å². The van der Waals surface area contributed by atoms with E-state index in [0.29, 0.717) is 6.42 Å². The van der Waals surface area contributed by atoms with E-state index in [1.807, 2.05) is 56.3 Å². The fourth-order valence-corrected chi connectivity index (χ4v) is 3.56. The number of fused-ring (bicyclic) bond motifs is 1. The minimum atomic E-state index is -0.403. The Balaban J connectivity index is 1.45. The Hall–Kier alpha value is -2.73. The van der Waals surface area contributed by atoms with Crippen molar-refractivity contribution in [2.75, 3.05) is 11.9 Å². The molecule has 0 aliphatic rings. The molecule has 3 rings (SSSR count). The number of anilines is 1. The third-order valence-electron chi connectivity index (χ3n) is 3.90. The van der Waals surface area contributed by atoms with E-state index in [1.165, 1.54) is 0 Å². The molecule has 0 aliphatic carbocycles. The third-order valence-corrected chi connectivity index (χ3v) is 5.00. The molecular weight excluding hydrogens is 348 g/mol. The normalized spacial score (nSPS) is 10.7. The second-order valence-corrected chi connectivity index (χ2v) is 7.22. The maximum Gasteiger partial charge on any atom is 0.306 e. The van der Waals surface area contributed by atoms with Gasteiger partial charge in [0, 0.05) is 12.1 Å². The number of hydrogen-bond donors (Lipinski definition) is 1. The average Bonchev–Trinajstić information content (AvgIpc) is 3.03. The number of benzene rings is 2. The van der Waals surface area contributed by atoms with E-state index < -0.39 is 5.97 Å². The number of thiazole rings is 1. The van der Waals surface area contributed by atoms with Crippen molar-refractivity contribution < 1.29 is 14.3 Å². The number of amides is 1. The minimum absolute atomic E-state index is 0.205. The first kappa shape index (κ1) is 18.1. The number of aryl methyl sites for hydroxylation is 3. The predicted octanol–water partition coefficient (Wildman–Crippen LogP) is 4.03. The molecule has 0 spiro atoms. The molecule has 0 bridgehead atoms. The Morgan fingerprint density at radius 3 is 2.73 bits per heavy atom. The molecule has 3 aromatic rings. The number of esters is 1. The minimum Gasteiger partial charge on any atom is -0.456 e. The monoisotopic (exact) mass is 368 g/mol. The summed E-state index contributed by atoms with van der Waals surface area (Å²) >= 11 is 1.57. The molecule has 6 heteroatoms. The molecule has 1 N–H and O–H groups in total. The quantitative estimate of drug-likeness (QED) is 0.667. The van der Waals surface area contributed by atoms with Crippen LogP contribution in [0.2, 0.25) is 0 Å². The third kappa shape index (κ3) is 4.67. The summed E-state index contributed by atoms with van der Waals surface area (Å²) in [6.07, 6.45) is 0.716. The largest absolute Gasteiger partial charge is 0.456 e. The lowest BCUT2D eigenvalue weighted by molar-refractivity contribution is -0.147. The lowest BCUT2D eigenvalue weighted by Gasteiger charge is -2.09. The van der Waals surface area contributed by atoms with E-state index in [4.69, 9.17) is 4.74 Å². The predicted molar refractivity (Wildman–Crippen MR) is 103 cm³/mol. The summed E-state index contributed by atoms with van der Waals surface area (Å²) in [6.45, 7) is 3.63. The molecule has 1 amide bonds. The van der Waals surface area contributed by atoms with Gasteiger partial charge in [-0.15, -0.1) is 11.3 Å². The van der Waals surface area contributed by atoms with Crippen LogP contribution in [-0.2, 0) is 20.7 Å². The van der Waals surface area contributed by atoms with Gasteiger partial charge >= 0.3 is 5.97 Å². The van der Waals surface area contributed by atoms with Crippen LogP contribution in [0.15, 0.2) is 42.5 Å². The molecule has 0 radical (unpaired) electrons. The van der Waals surface area contributed by atoms with E-state index in [0.717, 1.165) is 32.0 Å². The lowest BCUT2D eigenvalue weighted by Crippen LogP contribution is -2.21. The van der Waals surface area contributed by atoms with E-state index in [1.54, 1.807) is 11.3 Å². The van der Waals surface area contributed by atoms with Gasteiger partial charge in [0.05, 0.1) is 21.6 Å². The highest BCUT2D eigenvalue weighted by atomic mass is 32.1. The molecule has 0 atom stereocenters. The highest BCUT2D eigenvalue weighted by Crippen LogP contribution is 2.22. The summed E-state index contributed by atoms with van der Waals surface area (Å²) < 4.78 is 6.16. The Bertz CT molecular complexity index is 916. The Labute approximate surface area is 156 Å². The number of nitrogens with one attached hydrogen (secondary N) is 1. The van der Waals surface area contributed by atoms with Gasteiger partial charge in [-0.3, -0.25) is 9.59 Å². The van der Waals surface area contributed by atoms with Gasteiger partial charge in [-0.1, -0.05) is 29.8 Å². The second-order valence-electron chi connectivity index (χ2n) is 6.10. The van der Waals surface area contributed by atoms with Crippen molar-refractivity contribution in [1.29, 1.82) is 0 Å². The SMILES string of the molecule is Cc1ccc(NC(=O)COC(=O)CCc2nc3ccccc3s2)c(C)c1. The zero-order valence-corrected chi connectivity index (χ0v) is 15.6. The molecule has 0 unspecified atom stereocenters. The van der Waals surface area contributed by atoms with Gasteiger partial charge in [0.15, 0.2) is 6.61 Å². The number of carbonyl (C=O) groups excluding carboxylic acids is 2. The van der Waals surface area contributed by atoms with Crippen LogP contribution in [0.3, 0.4) is 0 Å². The summed E-state index contributed by atoms with van der Waals surface area (Å²) in [5.74, 6) is -0.745. The number of aromatic nitrogens is 1. The highest BCUT2D eigenvalue weighted by molar-refractivity contribution is 7.18. The summed E-state index contributed by atoms with van der Waals surface area (Å²) in [5.41, 5.74) is 3.77. The van der Waals surface area contributed by atoms with Crippen LogP contribution in [0.1, 0.15) is 22.6 Å². The maximum absolute atomic E-state index is 11.9. The van der Waals surface area contributed by atoms with Crippen molar-refractivity contribution in [3.8, 4) is 0 Å². The summed E-state index contributed by atoms with van der Waals surface area (Å²) in [6, 6.07) is 13.6. The summed E-state index contributed by atoms with van der Waals surface area (Å²) in [4.78, 5) is 28.3. The maximum atomic E-state index is 11.9. The van der Waals surface area contributed by atoms with Crippen molar-refractivity contribution in [2.24, 2.45) is 0 Å². The van der Waals surface area contributed by atoms with E-state index in [2.05, 4.69) is 10.3 Å². The Morgan fingerprint density at radius 1 is 1.15 bits per heavy atom. The molecule has 2 aromatic carbocycles. The first-order valence-electron chi connectivity index (χ1n) is 8.38. The van der Waals surface area contributed by atoms with Crippen LogP contribution in [0.25, 0.3) is 10.2 Å². The second kappa shape index (κ2) is 8.10. The van der Waals surface area contributed by atoms with Gasteiger partial charge in [-0.2, -0.15) is 0 Å². The van der Waals surface area contributed by atoms with Crippen LogP contribution < -0.4 is 5.32 Å². The van der Waals surface area contributed by atoms with E-state index >= 15 is 0 Å². The fraction of sp³-hybridized carbons (Fsp3) is 0.250. The lowest BCUT2D eigenvalue weighted by atomic mass is 10.1. The van der Waals surface area contributed by atoms with Crippen molar-refractivity contribution in [3.63, 3.8) is 0 Å². The number of ether oxygens (including phenoxy) is 1. The Kier molecular flexibility index (Phi) is 5.63. The number of para-hydroxylation sites is 1. The van der Waals surface area contributed by atoms with Gasteiger partial charge in [0.2, 0.25) is 0 Å². The van der Waals surface area contributed by atoms with Crippen molar-refractivity contribution >= 4 is 39.1 Å². The zero-order valence-electron chi connectivity index (χ0n) is 14.7. The molecule has 0 aliphatic heterocycles. The Morgan fingerprint density at radius 2 is 1.96 bits per heavy atom. The molecule has 0 fully saturated rings. The number of nitrogens with zero attached hydrogens (tertiary/aromatic N) is 1. The van der Waals surface area contributed by atoms with Gasteiger partial charge < -0.3 is 10.1 Å². The fourth-order valence-electron chi connectivity index (χ4n) is 2.59. The van der Waals surface area contributed by atoms with Crippen molar-refractivity contribution in [1.82, 2.24) is 4.98 Å². The van der Waals surface area contributed by atoms with Gasteiger partial charge in [-0.05, 0) is 37.6 Å².